The molecule has 0 aliphatic rings. The quantitative estimate of drug-likeness (QED) is 0.296. The third kappa shape index (κ3) is 23.2. The molecule has 0 saturated carbocycles. The molecule has 0 fully saturated rings. The number of rotatable bonds is 21. The lowest BCUT2D eigenvalue weighted by molar-refractivity contribution is -0.126. The van der Waals surface area contributed by atoms with Crippen molar-refractivity contribution in [2.75, 3.05) is 79.2 Å². The Morgan fingerprint density at radius 3 is 1.85 bits per heavy atom. The second-order valence-electron chi connectivity index (χ2n) is 6.13. The van der Waals surface area contributed by atoms with Gasteiger partial charge in [0.05, 0.1) is 65.6 Å². The molecule has 0 aliphatic carbocycles. The fourth-order valence-corrected chi connectivity index (χ4v) is 1.83. The van der Waals surface area contributed by atoms with Crippen molar-refractivity contribution in [1.82, 2.24) is 5.32 Å². The van der Waals surface area contributed by atoms with Gasteiger partial charge in [0.15, 0.2) is 0 Å². The van der Waals surface area contributed by atoms with E-state index in [9.17, 15) is 4.79 Å². The van der Waals surface area contributed by atoms with E-state index in [1.54, 1.807) is 0 Å². The van der Waals surface area contributed by atoms with Crippen molar-refractivity contribution in [3.05, 3.63) is 0 Å². The maximum Gasteiger partial charge on any atom is 0.246 e. The van der Waals surface area contributed by atoms with Gasteiger partial charge in [-0.25, -0.2) is 0 Å². The minimum atomic E-state index is -0.142. The highest BCUT2D eigenvalue weighted by Gasteiger charge is 2.00. The maximum absolute atomic E-state index is 11.5. The van der Waals surface area contributed by atoms with Gasteiger partial charge in [0.2, 0.25) is 5.91 Å². The summed E-state index contributed by atoms with van der Waals surface area (Å²) in [5.41, 5.74) is 0. The molecule has 164 valence electrons. The van der Waals surface area contributed by atoms with E-state index in [2.05, 4.69) is 12.2 Å². The Kier molecular flexibility index (Phi) is 20.9. The molecule has 0 aromatic carbocycles. The third-order valence-electron chi connectivity index (χ3n) is 3.24. The van der Waals surface area contributed by atoms with Crippen LogP contribution < -0.4 is 5.32 Å². The highest BCUT2D eigenvalue weighted by Crippen LogP contribution is 1.88. The smallest absolute Gasteiger partial charge is 0.246 e. The Morgan fingerprint density at radius 1 is 0.778 bits per heavy atom. The average molecular weight is 396 g/mol. The lowest BCUT2D eigenvalue weighted by Crippen LogP contribution is -2.31. The molecule has 0 bridgehead atoms. The van der Waals surface area contributed by atoms with Crippen LogP contribution in [0.3, 0.4) is 0 Å². The average Bonchev–Trinajstić information content (AvgIpc) is 2.64. The maximum atomic E-state index is 11.5. The topological polar surface area (TPSA) is 84.5 Å². The van der Waals surface area contributed by atoms with Crippen molar-refractivity contribution in [3.63, 3.8) is 0 Å². The van der Waals surface area contributed by atoms with Gasteiger partial charge in [0.25, 0.3) is 0 Å². The lowest BCUT2D eigenvalue weighted by atomic mass is 10.4. The number of nitrogens with one attached hydrogen (secondary N) is 1. The molecule has 0 radical (unpaired) electrons. The predicted octanol–water partition coefficient (Wildman–Crippen LogP) is 1.66. The molecule has 8 nitrogen and oxygen atoms in total. The van der Waals surface area contributed by atoms with Gasteiger partial charge < -0.3 is 33.7 Å². The molecule has 27 heavy (non-hydrogen) atoms. The number of unbranched alkanes of at least 4 members (excludes halogenated alkanes) is 1. The van der Waals surface area contributed by atoms with Crippen molar-refractivity contribution in [2.24, 2.45) is 0 Å². The van der Waals surface area contributed by atoms with E-state index in [0.717, 1.165) is 19.4 Å². The second-order valence-corrected chi connectivity index (χ2v) is 6.13. The number of amides is 1. The van der Waals surface area contributed by atoms with Crippen molar-refractivity contribution < 1.29 is 34.6 Å². The van der Waals surface area contributed by atoms with E-state index in [-0.39, 0.29) is 20.0 Å². The van der Waals surface area contributed by atoms with Crippen molar-refractivity contribution in [3.8, 4) is 0 Å². The Labute approximate surface area is 165 Å². The van der Waals surface area contributed by atoms with Crippen LogP contribution in [0.2, 0.25) is 0 Å². The number of carbonyl (C=O) groups excluding carboxylic acids is 1. The molecule has 0 aliphatic heterocycles. The predicted molar refractivity (Wildman–Crippen MR) is 105 cm³/mol. The third-order valence-corrected chi connectivity index (χ3v) is 3.24. The summed E-state index contributed by atoms with van der Waals surface area (Å²) in [7, 11) is 0. The van der Waals surface area contributed by atoms with Crippen molar-refractivity contribution in [1.29, 1.82) is 0 Å². The van der Waals surface area contributed by atoms with Crippen LogP contribution in [0.25, 0.3) is 0 Å². The van der Waals surface area contributed by atoms with Gasteiger partial charge in [-0.1, -0.05) is 13.3 Å². The van der Waals surface area contributed by atoms with Crippen LogP contribution in [0, 0.1) is 0 Å². The van der Waals surface area contributed by atoms with Gasteiger partial charge in [0.1, 0.15) is 6.61 Å². The highest BCUT2D eigenvalue weighted by molar-refractivity contribution is 5.77. The second kappa shape index (κ2) is 21.5. The molecule has 8 heteroatoms. The summed E-state index contributed by atoms with van der Waals surface area (Å²) < 4.78 is 32.1. The van der Waals surface area contributed by atoms with Crippen LogP contribution in [0.4, 0.5) is 0 Å². The summed E-state index contributed by atoms with van der Waals surface area (Å²) in [4.78, 5) is 11.5. The lowest BCUT2D eigenvalue weighted by Gasteiger charge is -2.09. The molecule has 0 aromatic rings. The molecule has 0 heterocycles. The van der Waals surface area contributed by atoms with Gasteiger partial charge in [-0.15, -0.1) is 0 Å². The fraction of sp³-hybridized carbons (Fsp3) is 0.947. The Bertz CT molecular complexity index is 323. The summed E-state index contributed by atoms with van der Waals surface area (Å²) in [6.45, 7) is 12.0. The molecule has 1 amide bonds. The Morgan fingerprint density at radius 2 is 1.30 bits per heavy atom. The van der Waals surface area contributed by atoms with E-state index in [0.29, 0.717) is 66.0 Å². The number of hydrogen-bond acceptors (Lipinski definition) is 7. The van der Waals surface area contributed by atoms with Gasteiger partial charge in [-0.2, -0.15) is 0 Å². The van der Waals surface area contributed by atoms with Crippen LogP contribution in [-0.2, 0) is 33.2 Å². The summed E-state index contributed by atoms with van der Waals surface area (Å²) in [6, 6.07) is 0. The number of carbonyl (C=O) groups is 1. The Hall–Kier alpha value is -0.770. The fourth-order valence-electron chi connectivity index (χ4n) is 1.83. The number of ether oxygens (including phenoxy) is 6. The van der Waals surface area contributed by atoms with Gasteiger partial charge in [-0.05, 0) is 20.3 Å². The molecule has 0 aromatic heterocycles. The minimum Gasteiger partial charge on any atom is -0.380 e. The standard InChI is InChI=1S/C19H39NO7.H2/c1-4-5-7-22-8-6-20-19(21)17-26-14-13-24-10-9-23-11-12-25-15-16-27-18(2)3;/h18H,4-17H2,1-3H3,(H,20,21);1H. The first-order chi connectivity index (χ1) is 13.2. The molecule has 0 spiro atoms. The summed E-state index contributed by atoms with van der Waals surface area (Å²) in [5, 5.41) is 2.74. The molecule has 1 N–H and O–H groups in total. The van der Waals surface area contributed by atoms with E-state index in [4.69, 9.17) is 28.4 Å². The summed E-state index contributed by atoms with van der Waals surface area (Å²) in [5.74, 6) is -0.142. The number of hydrogen-bond donors (Lipinski definition) is 1. The van der Waals surface area contributed by atoms with Crippen LogP contribution in [-0.4, -0.2) is 91.2 Å². The largest absolute Gasteiger partial charge is 0.380 e. The zero-order valence-corrected chi connectivity index (χ0v) is 17.3. The SMILES string of the molecule is CCCCOCCNC(=O)COCCOCCOCCOCCOC(C)C.[HH]. The van der Waals surface area contributed by atoms with E-state index >= 15 is 0 Å². The molecule has 0 atom stereocenters. The highest BCUT2D eigenvalue weighted by atomic mass is 16.6. The van der Waals surface area contributed by atoms with Crippen LogP contribution >= 0.6 is 0 Å². The summed E-state index contributed by atoms with van der Waals surface area (Å²) in [6.07, 6.45) is 2.39. The molecule has 0 saturated heterocycles. The minimum absolute atomic E-state index is 0. The zero-order chi connectivity index (χ0) is 20.0. The molecular formula is C19H41NO7. The Balaban J connectivity index is 0. The van der Waals surface area contributed by atoms with Crippen molar-refractivity contribution in [2.45, 2.75) is 39.7 Å². The van der Waals surface area contributed by atoms with Crippen molar-refractivity contribution >= 4 is 5.91 Å². The summed E-state index contributed by atoms with van der Waals surface area (Å²) >= 11 is 0. The monoisotopic (exact) mass is 395 g/mol. The van der Waals surface area contributed by atoms with E-state index in [1.807, 2.05) is 13.8 Å². The first kappa shape index (κ1) is 26.2. The van der Waals surface area contributed by atoms with E-state index < -0.39 is 0 Å². The molecular weight excluding hydrogens is 354 g/mol. The van der Waals surface area contributed by atoms with Crippen LogP contribution in [0.5, 0.6) is 0 Å². The molecule has 0 rings (SSSR count). The normalized spacial score (nSPS) is 11.3. The first-order valence-electron chi connectivity index (χ1n) is 9.93. The van der Waals surface area contributed by atoms with Gasteiger partial charge >= 0.3 is 0 Å². The van der Waals surface area contributed by atoms with Gasteiger partial charge in [-0.3, -0.25) is 4.79 Å². The molecule has 0 unspecified atom stereocenters. The van der Waals surface area contributed by atoms with Crippen LogP contribution in [0.1, 0.15) is 35.0 Å². The zero-order valence-electron chi connectivity index (χ0n) is 17.3. The first-order valence-corrected chi connectivity index (χ1v) is 9.93. The van der Waals surface area contributed by atoms with Gasteiger partial charge in [0, 0.05) is 14.6 Å². The van der Waals surface area contributed by atoms with Crippen LogP contribution in [0.15, 0.2) is 0 Å². The van der Waals surface area contributed by atoms with E-state index in [1.165, 1.54) is 0 Å².